The third-order valence-corrected chi connectivity index (χ3v) is 3.86. The second kappa shape index (κ2) is 7.05. The zero-order chi connectivity index (χ0) is 19.8. The third kappa shape index (κ3) is 3.71. The van der Waals surface area contributed by atoms with Crippen LogP contribution in [-0.2, 0) is 6.18 Å². The smallest absolute Gasteiger partial charge is 0.339 e. The predicted octanol–water partition coefficient (Wildman–Crippen LogP) is 5.02. The molecule has 0 aliphatic heterocycles. The van der Waals surface area contributed by atoms with Gasteiger partial charge in [0.2, 0.25) is 0 Å². The van der Waals surface area contributed by atoms with E-state index in [1.165, 1.54) is 0 Å². The predicted molar refractivity (Wildman–Crippen MR) is 85.1 cm³/mol. The maximum Gasteiger partial charge on any atom is 0.418 e. The van der Waals surface area contributed by atoms with Crippen molar-refractivity contribution in [2.24, 2.45) is 0 Å². The molecule has 2 aromatic rings. The Balaban J connectivity index is 2.85. The zero-order valence-corrected chi connectivity index (χ0v) is 14.1. The van der Waals surface area contributed by atoms with Crippen LogP contribution in [-0.4, -0.2) is 19.8 Å². The van der Waals surface area contributed by atoms with Crippen molar-refractivity contribution in [1.82, 2.24) is 9.97 Å². The number of anilines is 2. The summed E-state index contributed by atoms with van der Waals surface area (Å²) in [5, 5.41) is 22.5. The fraction of sp³-hybridized carbons (Fsp3) is 0.0909. The highest BCUT2D eigenvalue weighted by Gasteiger charge is 2.42. The topological polar surface area (TPSA) is 124 Å². The Labute approximate surface area is 156 Å². The van der Waals surface area contributed by atoms with Gasteiger partial charge in [0, 0.05) is 6.07 Å². The first-order valence-corrected chi connectivity index (χ1v) is 7.24. The third-order valence-electron chi connectivity index (χ3n) is 2.91. The number of rotatable bonds is 4. The van der Waals surface area contributed by atoms with Crippen molar-refractivity contribution >= 4 is 57.6 Å². The lowest BCUT2D eigenvalue weighted by Gasteiger charge is -2.14. The van der Waals surface area contributed by atoms with Crippen molar-refractivity contribution in [3.63, 3.8) is 0 Å². The largest absolute Gasteiger partial charge is 0.418 e. The Morgan fingerprint density at radius 1 is 1.00 bits per heavy atom. The first-order chi connectivity index (χ1) is 11.9. The summed E-state index contributed by atoms with van der Waals surface area (Å²) in [7, 11) is 0. The van der Waals surface area contributed by atoms with Crippen LogP contribution in [0.2, 0.25) is 15.3 Å². The van der Waals surface area contributed by atoms with Gasteiger partial charge < -0.3 is 5.32 Å². The van der Waals surface area contributed by atoms with E-state index in [4.69, 9.17) is 34.8 Å². The van der Waals surface area contributed by atoms with E-state index in [9.17, 15) is 33.4 Å². The Morgan fingerprint density at radius 3 is 1.96 bits per heavy atom. The Kier molecular flexibility index (Phi) is 5.39. The summed E-state index contributed by atoms with van der Waals surface area (Å²) in [5.74, 6) is 0. The maximum atomic E-state index is 13.0. The number of hydrogen-bond donors (Lipinski definition) is 1. The van der Waals surface area contributed by atoms with Crippen LogP contribution >= 0.6 is 34.8 Å². The quantitative estimate of drug-likeness (QED) is 0.409. The van der Waals surface area contributed by atoms with Crippen LogP contribution in [0.15, 0.2) is 12.4 Å². The molecule has 0 aliphatic carbocycles. The van der Waals surface area contributed by atoms with Crippen molar-refractivity contribution in [1.29, 1.82) is 0 Å². The van der Waals surface area contributed by atoms with Crippen molar-refractivity contribution in [3.8, 4) is 0 Å². The van der Waals surface area contributed by atoms with Gasteiger partial charge >= 0.3 is 17.6 Å². The molecule has 0 spiro atoms. The Morgan fingerprint density at radius 2 is 1.54 bits per heavy atom. The molecule has 0 atom stereocenters. The summed E-state index contributed by atoms with van der Waals surface area (Å²) in [6.45, 7) is 0. The molecule has 138 valence electrons. The molecule has 9 nitrogen and oxygen atoms in total. The minimum atomic E-state index is -5.17. The van der Waals surface area contributed by atoms with E-state index in [1.54, 1.807) is 0 Å². The summed E-state index contributed by atoms with van der Waals surface area (Å²) >= 11 is 17.0. The highest BCUT2D eigenvalue weighted by atomic mass is 35.5. The number of nitro benzene ring substituents is 2. The highest BCUT2D eigenvalue weighted by molar-refractivity contribution is 6.38. The van der Waals surface area contributed by atoms with Crippen LogP contribution in [0.4, 0.5) is 35.9 Å². The monoisotopic (exact) mass is 431 g/mol. The first kappa shape index (κ1) is 19.9. The molecular weight excluding hydrogens is 430 g/mol. The number of benzene rings is 1. The van der Waals surface area contributed by atoms with Crippen LogP contribution in [0.1, 0.15) is 5.56 Å². The van der Waals surface area contributed by atoms with E-state index in [2.05, 4.69) is 15.3 Å². The number of aromatic nitrogens is 2. The van der Waals surface area contributed by atoms with Crippen LogP contribution in [0.5, 0.6) is 0 Å². The lowest BCUT2D eigenvalue weighted by molar-refractivity contribution is -0.392. The maximum absolute atomic E-state index is 13.0. The Bertz CT molecular complexity index is 905. The molecule has 0 amide bonds. The van der Waals surface area contributed by atoms with Gasteiger partial charge in [0.15, 0.2) is 16.0 Å². The molecule has 0 unspecified atom stereocenters. The lowest BCUT2D eigenvalue weighted by Crippen LogP contribution is -2.11. The van der Waals surface area contributed by atoms with Gasteiger partial charge in [-0.05, 0) is 0 Å². The normalized spacial score (nSPS) is 11.3. The van der Waals surface area contributed by atoms with Crippen LogP contribution < -0.4 is 5.32 Å². The van der Waals surface area contributed by atoms with Gasteiger partial charge in [0.25, 0.3) is 0 Å². The summed E-state index contributed by atoms with van der Waals surface area (Å²) in [6, 6.07) is 0.0588. The number of alkyl halides is 3. The number of nitro groups is 2. The molecule has 1 aromatic heterocycles. The van der Waals surface area contributed by atoms with E-state index in [0.29, 0.717) is 0 Å². The second-order valence-corrected chi connectivity index (χ2v) is 5.54. The molecule has 0 saturated carbocycles. The van der Waals surface area contributed by atoms with Crippen LogP contribution in [0, 0.1) is 20.2 Å². The average Bonchev–Trinajstić information content (AvgIpc) is 2.49. The molecular formula is C11H3Cl3F3N5O4. The van der Waals surface area contributed by atoms with Gasteiger partial charge in [-0.1, -0.05) is 34.8 Å². The van der Waals surface area contributed by atoms with Crippen LogP contribution in [0.25, 0.3) is 0 Å². The minimum absolute atomic E-state index is 0.0588. The van der Waals surface area contributed by atoms with Crippen molar-refractivity contribution in [2.45, 2.75) is 6.18 Å². The molecule has 0 saturated heterocycles. The highest BCUT2D eigenvalue weighted by Crippen LogP contribution is 2.49. The van der Waals surface area contributed by atoms with Crippen molar-refractivity contribution in [2.75, 3.05) is 5.32 Å². The SMILES string of the molecule is O=[N+]([O-])c1cc(C(F)(F)F)c(Cl)c([N+](=O)[O-])c1Nc1c(Cl)ncnc1Cl. The van der Waals surface area contributed by atoms with Crippen molar-refractivity contribution in [3.05, 3.63) is 53.5 Å². The summed E-state index contributed by atoms with van der Waals surface area (Å²) in [5.41, 5.74) is -5.76. The van der Waals surface area contributed by atoms with E-state index in [0.717, 1.165) is 6.33 Å². The van der Waals surface area contributed by atoms with E-state index in [-0.39, 0.29) is 16.4 Å². The van der Waals surface area contributed by atoms with Gasteiger partial charge in [0.1, 0.15) is 17.0 Å². The van der Waals surface area contributed by atoms with Gasteiger partial charge in [-0.25, -0.2) is 9.97 Å². The molecule has 1 heterocycles. The minimum Gasteiger partial charge on any atom is -0.339 e. The van der Waals surface area contributed by atoms with Gasteiger partial charge in [-0.15, -0.1) is 0 Å². The molecule has 0 fully saturated rings. The van der Waals surface area contributed by atoms with Gasteiger partial charge in [0.05, 0.1) is 15.4 Å². The summed E-state index contributed by atoms with van der Waals surface area (Å²) in [6.07, 6.45) is -4.24. The molecule has 0 radical (unpaired) electrons. The summed E-state index contributed by atoms with van der Waals surface area (Å²) in [4.78, 5) is 26.9. The number of nitrogens with zero attached hydrogens (tertiary/aromatic N) is 4. The van der Waals surface area contributed by atoms with Gasteiger partial charge in [-0.3, -0.25) is 20.2 Å². The molecule has 2 rings (SSSR count). The number of hydrogen-bond acceptors (Lipinski definition) is 7. The average molecular weight is 433 g/mol. The fourth-order valence-corrected chi connectivity index (χ4v) is 2.58. The second-order valence-electron chi connectivity index (χ2n) is 4.45. The molecule has 0 bridgehead atoms. The molecule has 1 N–H and O–H groups in total. The van der Waals surface area contributed by atoms with Gasteiger partial charge in [-0.2, -0.15) is 13.2 Å². The number of nitrogens with one attached hydrogen (secondary N) is 1. The number of halogens is 6. The lowest BCUT2D eigenvalue weighted by atomic mass is 10.1. The molecule has 15 heteroatoms. The first-order valence-electron chi connectivity index (χ1n) is 6.10. The van der Waals surface area contributed by atoms with Crippen LogP contribution in [0.3, 0.4) is 0 Å². The fourth-order valence-electron chi connectivity index (χ4n) is 1.85. The van der Waals surface area contributed by atoms with E-state index < -0.39 is 49.4 Å². The standard InChI is InChI=1S/C11H3Cl3F3N5O4/c12-5-3(11(15,16)17)1-4(21(23)24)6(8(5)22(25)26)20-7-9(13)18-2-19-10(7)14/h1-2,20H. The zero-order valence-electron chi connectivity index (χ0n) is 11.8. The molecule has 1 aromatic carbocycles. The Hall–Kier alpha value is -2.44. The summed E-state index contributed by atoms with van der Waals surface area (Å²) < 4.78 is 39.0. The van der Waals surface area contributed by atoms with E-state index >= 15 is 0 Å². The van der Waals surface area contributed by atoms with Crippen molar-refractivity contribution < 1.29 is 23.0 Å². The van der Waals surface area contributed by atoms with E-state index in [1.807, 2.05) is 0 Å². The molecule has 0 aliphatic rings. The molecule has 26 heavy (non-hydrogen) atoms.